The van der Waals surface area contributed by atoms with Crippen LogP contribution in [-0.2, 0) is 9.59 Å². The second-order valence-corrected chi connectivity index (χ2v) is 6.83. The molecular formula is C19H28N4O3. The van der Waals surface area contributed by atoms with Crippen molar-refractivity contribution in [2.45, 2.75) is 6.42 Å². The summed E-state index contributed by atoms with van der Waals surface area (Å²) in [6.07, 6.45) is 0.822. The van der Waals surface area contributed by atoms with Gasteiger partial charge in [0, 0.05) is 52.9 Å². The lowest BCUT2D eigenvalue weighted by atomic mass is 10.2. The first-order valence-corrected chi connectivity index (χ1v) is 8.89. The van der Waals surface area contributed by atoms with Crippen LogP contribution in [-0.4, -0.2) is 97.7 Å². The van der Waals surface area contributed by atoms with Crippen molar-refractivity contribution in [3.63, 3.8) is 0 Å². The molecule has 1 aliphatic heterocycles. The highest BCUT2D eigenvalue weighted by atomic mass is 16.2. The van der Waals surface area contributed by atoms with Crippen molar-refractivity contribution in [2.75, 3.05) is 60.4 Å². The molecule has 0 spiro atoms. The molecular weight excluding hydrogens is 332 g/mol. The number of rotatable bonds is 5. The topological polar surface area (TPSA) is 64.2 Å². The smallest absolute Gasteiger partial charge is 0.254 e. The predicted octanol–water partition coefficient (Wildman–Crippen LogP) is 0.381. The number of carbonyl (C=O) groups excluding carboxylic acids is 3. The lowest BCUT2D eigenvalue weighted by Crippen LogP contribution is -2.43. The average Bonchev–Trinajstić information content (AvgIpc) is 2.87. The number of amides is 3. The van der Waals surface area contributed by atoms with Crippen LogP contribution in [0.15, 0.2) is 30.3 Å². The predicted molar refractivity (Wildman–Crippen MR) is 99.7 cm³/mol. The summed E-state index contributed by atoms with van der Waals surface area (Å²) in [6, 6.07) is 8.96. The first-order chi connectivity index (χ1) is 12.4. The summed E-state index contributed by atoms with van der Waals surface area (Å²) in [7, 11) is 5.14. The lowest BCUT2D eigenvalue weighted by molar-refractivity contribution is -0.131. The summed E-state index contributed by atoms with van der Waals surface area (Å²) in [4.78, 5) is 43.7. The Morgan fingerprint density at radius 2 is 1.65 bits per heavy atom. The monoisotopic (exact) mass is 360 g/mol. The van der Waals surface area contributed by atoms with Gasteiger partial charge in [0.1, 0.15) is 0 Å². The van der Waals surface area contributed by atoms with Gasteiger partial charge < -0.3 is 14.7 Å². The lowest BCUT2D eigenvalue weighted by Gasteiger charge is -2.25. The molecule has 2 rings (SSSR count). The zero-order chi connectivity index (χ0) is 19.1. The van der Waals surface area contributed by atoms with Crippen LogP contribution in [0.4, 0.5) is 0 Å². The number of carbonyl (C=O) groups is 3. The van der Waals surface area contributed by atoms with Crippen molar-refractivity contribution in [1.82, 2.24) is 19.6 Å². The Hall–Kier alpha value is -2.41. The molecule has 1 aliphatic rings. The molecule has 26 heavy (non-hydrogen) atoms. The van der Waals surface area contributed by atoms with E-state index >= 15 is 0 Å². The number of hydrogen-bond donors (Lipinski definition) is 0. The third-order valence-corrected chi connectivity index (χ3v) is 4.54. The van der Waals surface area contributed by atoms with Crippen LogP contribution >= 0.6 is 0 Å². The van der Waals surface area contributed by atoms with Crippen LogP contribution < -0.4 is 0 Å². The van der Waals surface area contributed by atoms with Crippen molar-refractivity contribution in [2.24, 2.45) is 0 Å². The Labute approximate surface area is 155 Å². The number of likely N-dealkylation sites (N-methyl/N-ethyl adjacent to an activating group) is 2. The van der Waals surface area contributed by atoms with E-state index in [-0.39, 0.29) is 24.3 Å². The minimum absolute atomic E-state index is 0.0578. The van der Waals surface area contributed by atoms with Crippen LogP contribution in [0.3, 0.4) is 0 Å². The summed E-state index contributed by atoms with van der Waals surface area (Å²) in [6.45, 7) is 3.13. The molecule has 1 heterocycles. The van der Waals surface area contributed by atoms with Gasteiger partial charge in [-0.05, 0) is 18.6 Å². The van der Waals surface area contributed by atoms with Crippen molar-refractivity contribution in [3.05, 3.63) is 35.9 Å². The molecule has 1 fully saturated rings. The van der Waals surface area contributed by atoms with Gasteiger partial charge >= 0.3 is 0 Å². The van der Waals surface area contributed by atoms with Crippen molar-refractivity contribution >= 4 is 17.7 Å². The molecule has 0 bridgehead atoms. The van der Waals surface area contributed by atoms with Crippen LogP contribution in [0.1, 0.15) is 16.8 Å². The van der Waals surface area contributed by atoms with E-state index in [2.05, 4.69) is 4.90 Å². The average molecular weight is 360 g/mol. The molecule has 3 amide bonds. The maximum absolute atomic E-state index is 12.6. The zero-order valence-corrected chi connectivity index (χ0v) is 15.9. The summed E-state index contributed by atoms with van der Waals surface area (Å²) in [5.74, 6) is -0.150. The highest BCUT2D eigenvalue weighted by Gasteiger charge is 2.23. The molecule has 7 heteroatoms. The molecule has 0 atom stereocenters. The highest BCUT2D eigenvalue weighted by molar-refractivity contribution is 5.96. The Morgan fingerprint density at radius 1 is 0.962 bits per heavy atom. The first kappa shape index (κ1) is 19.9. The van der Waals surface area contributed by atoms with E-state index in [1.807, 2.05) is 6.07 Å². The Kier molecular flexibility index (Phi) is 7.15. The van der Waals surface area contributed by atoms with Crippen LogP contribution in [0.25, 0.3) is 0 Å². The fourth-order valence-electron chi connectivity index (χ4n) is 2.89. The molecule has 142 valence electrons. The van der Waals surface area contributed by atoms with Crippen molar-refractivity contribution < 1.29 is 14.4 Å². The molecule has 1 saturated heterocycles. The Morgan fingerprint density at radius 3 is 2.31 bits per heavy atom. The van der Waals surface area contributed by atoms with Crippen molar-refractivity contribution in [3.8, 4) is 0 Å². The molecule has 0 aliphatic carbocycles. The zero-order valence-electron chi connectivity index (χ0n) is 15.9. The molecule has 0 aromatic heterocycles. The number of nitrogens with zero attached hydrogens (tertiary/aromatic N) is 4. The van der Waals surface area contributed by atoms with E-state index in [0.29, 0.717) is 31.7 Å². The molecule has 7 nitrogen and oxygen atoms in total. The standard InChI is InChI=1S/C19H28N4O3/c1-20(2)17(24)15-22-10-7-11-23(13-12-22)18(25)14-21(3)19(26)16-8-5-4-6-9-16/h4-6,8-9H,7,10-15H2,1-3H3. The molecule has 0 radical (unpaired) electrons. The molecule has 0 saturated carbocycles. The molecule has 0 N–H and O–H groups in total. The summed E-state index contributed by atoms with van der Waals surface area (Å²) in [5, 5.41) is 0. The van der Waals surface area contributed by atoms with E-state index in [1.54, 1.807) is 55.2 Å². The van der Waals surface area contributed by atoms with Gasteiger partial charge in [-0.3, -0.25) is 19.3 Å². The van der Waals surface area contributed by atoms with Gasteiger partial charge in [0.2, 0.25) is 11.8 Å². The largest absolute Gasteiger partial charge is 0.348 e. The van der Waals surface area contributed by atoms with Gasteiger partial charge in [0.05, 0.1) is 13.1 Å². The SMILES string of the molecule is CN(C)C(=O)CN1CCCN(C(=O)CN(C)C(=O)c2ccccc2)CC1. The second-order valence-electron chi connectivity index (χ2n) is 6.83. The fraction of sp³-hybridized carbons (Fsp3) is 0.526. The molecule has 0 unspecified atom stereocenters. The quantitative estimate of drug-likeness (QED) is 0.762. The molecule has 1 aromatic rings. The van der Waals surface area contributed by atoms with Crippen LogP contribution in [0, 0.1) is 0 Å². The maximum atomic E-state index is 12.6. The number of hydrogen-bond acceptors (Lipinski definition) is 4. The van der Waals surface area contributed by atoms with Gasteiger partial charge in [-0.25, -0.2) is 0 Å². The minimum Gasteiger partial charge on any atom is -0.348 e. The van der Waals surface area contributed by atoms with E-state index in [1.165, 1.54) is 4.90 Å². The maximum Gasteiger partial charge on any atom is 0.254 e. The summed E-state index contributed by atoms with van der Waals surface area (Å²) < 4.78 is 0. The van der Waals surface area contributed by atoms with Crippen LogP contribution in [0.5, 0.6) is 0 Å². The third-order valence-electron chi connectivity index (χ3n) is 4.54. The van der Waals surface area contributed by atoms with E-state index in [4.69, 9.17) is 0 Å². The summed E-state index contributed by atoms with van der Waals surface area (Å²) in [5.41, 5.74) is 0.576. The normalized spacial score (nSPS) is 15.3. The van der Waals surface area contributed by atoms with Gasteiger partial charge in [-0.2, -0.15) is 0 Å². The molecule has 1 aromatic carbocycles. The minimum atomic E-state index is -0.160. The summed E-state index contributed by atoms with van der Waals surface area (Å²) >= 11 is 0. The first-order valence-electron chi connectivity index (χ1n) is 8.89. The van der Waals surface area contributed by atoms with Gasteiger partial charge in [0.15, 0.2) is 0 Å². The van der Waals surface area contributed by atoms with Gasteiger partial charge in [-0.1, -0.05) is 18.2 Å². The van der Waals surface area contributed by atoms with E-state index < -0.39 is 0 Å². The Balaban J connectivity index is 1.86. The van der Waals surface area contributed by atoms with Gasteiger partial charge in [-0.15, -0.1) is 0 Å². The third kappa shape index (κ3) is 5.56. The second kappa shape index (κ2) is 9.33. The Bertz CT molecular complexity index is 633. The number of benzene rings is 1. The van der Waals surface area contributed by atoms with E-state index in [9.17, 15) is 14.4 Å². The van der Waals surface area contributed by atoms with Crippen LogP contribution in [0.2, 0.25) is 0 Å². The van der Waals surface area contributed by atoms with Crippen molar-refractivity contribution in [1.29, 1.82) is 0 Å². The fourth-order valence-corrected chi connectivity index (χ4v) is 2.89. The van der Waals surface area contributed by atoms with Gasteiger partial charge in [0.25, 0.3) is 5.91 Å². The van der Waals surface area contributed by atoms with E-state index in [0.717, 1.165) is 13.0 Å². The highest BCUT2D eigenvalue weighted by Crippen LogP contribution is 2.07.